The van der Waals surface area contributed by atoms with Crippen molar-refractivity contribution in [3.63, 3.8) is 0 Å². The van der Waals surface area contributed by atoms with Crippen LogP contribution in [0.3, 0.4) is 0 Å². The van der Waals surface area contributed by atoms with Gasteiger partial charge in [0.1, 0.15) is 24.2 Å². The zero-order chi connectivity index (χ0) is 26.0. The normalized spacial score (nSPS) is 18.4. The van der Waals surface area contributed by atoms with Crippen LogP contribution in [0.2, 0.25) is 0 Å². The van der Waals surface area contributed by atoms with Gasteiger partial charge in [-0.2, -0.15) is 13.2 Å². The quantitative estimate of drug-likeness (QED) is 0.469. The van der Waals surface area contributed by atoms with E-state index in [1.807, 2.05) is 4.90 Å². The smallest absolute Gasteiger partial charge is 0.391 e. The van der Waals surface area contributed by atoms with Gasteiger partial charge in [0, 0.05) is 31.3 Å². The Morgan fingerprint density at radius 3 is 2.78 bits per heavy atom. The molecule has 1 aromatic heterocycles. The van der Waals surface area contributed by atoms with Gasteiger partial charge in [-0.25, -0.2) is 9.78 Å². The van der Waals surface area contributed by atoms with E-state index in [2.05, 4.69) is 10.3 Å². The number of aromatic nitrogens is 1. The zero-order valence-corrected chi connectivity index (χ0v) is 19.5. The molecule has 2 amide bonds. The lowest BCUT2D eigenvalue weighted by atomic mass is 10.0. The molecule has 2 aliphatic rings. The first-order valence-corrected chi connectivity index (χ1v) is 11.5. The number of aliphatic hydroxyl groups is 2. The van der Waals surface area contributed by atoms with Gasteiger partial charge in [-0.15, -0.1) is 0 Å². The minimum atomic E-state index is -4.49. The number of hydrogen-bond acceptors (Lipinski definition) is 7. The highest BCUT2D eigenvalue weighted by Crippen LogP contribution is 2.39. The summed E-state index contributed by atoms with van der Waals surface area (Å²) < 4.78 is 44.3. The van der Waals surface area contributed by atoms with E-state index in [0.29, 0.717) is 36.6 Å². The van der Waals surface area contributed by atoms with Crippen LogP contribution in [0.1, 0.15) is 30.3 Å². The first-order chi connectivity index (χ1) is 17.1. The highest BCUT2D eigenvalue weighted by molar-refractivity contribution is 6.05. The SMILES string of the molecule is C[C@@H](CC(=O)c1ccc2c(n1)N(C(=O)Nc1cccc(OC[C@@H](O)CO)c1)[C@H]1CCN2C1)C(F)(F)F. The molecule has 2 aliphatic heterocycles. The number of alkyl halides is 3. The minimum absolute atomic E-state index is 0.122. The molecule has 0 aliphatic carbocycles. The summed E-state index contributed by atoms with van der Waals surface area (Å²) in [6, 6.07) is 8.78. The minimum Gasteiger partial charge on any atom is -0.491 e. The maximum Gasteiger partial charge on any atom is 0.391 e. The number of pyridine rings is 1. The lowest BCUT2D eigenvalue weighted by Gasteiger charge is -2.35. The Morgan fingerprint density at radius 1 is 1.28 bits per heavy atom. The number of carbonyl (C=O) groups is 2. The number of nitrogens with one attached hydrogen (secondary N) is 1. The molecule has 3 atom stereocenters. The lowest BCUT2D eigenvalue weighted by Crippen LogP contribution is -2.48. The number of Topliss-reactive ketones (excluding diaryl/α,β-unsaturated/α-hetero) is 1. The van der Waals surface area contributed by atoms with Gasteiger partial charge >= 0.3 is 12.2 Å². The van der Waals surface area contributed by atoms with Gasteiger partial charge in [-0.05, 0) is 30.7 Å². The molecule has 1 saturated heterocycles. The molecule has 12 heteroatoms. The molecule has 0 saturated carbocycles. The maximum atomic E-state index is 13.3. The van der Waals surface area contributed by atoms with Crippen LogP contribution in [0.25, 0.3) is 0 Å². The molecule has 2 bridgehead atoms. The van der Waals surface area contributed by atoms with Crippen LogP contribution in [-0.4, -0.2) is 71.6 Å². The molecule has 3 heterocycles. The molecule has 194 valence electrons. The molecule has 0 spiro atoms. The second kappa shape index (κ2) is 10.3. The standard InChI is InChI=1S/C24H27F3N4O5/c1-14(24(25,26)27)9-21(34)19-5-6-20-22(29-19)31(16-7-8-30(20)11-16)23(35)28-15-3-2-4-18(10-15)36-13-17(33)12-32/h2-6,10,14,16-17,32-33H,7-9,11-13H2,1H3,(H,28,35)/t14-,16-,17-/m0/s1. The average molecular weight is 508 g/mol. The van der Waals surface area contributed by atoms with Crippen LogP contribution in [0, 0.1) is 5.92 Å². The lowest BCUT2D eigenvalue weighted by molar-refractivity contribution is -0.168. The number of anilines is 3. The fourth-order valence-corrected chi connectivity index (χ4v) is 4.22. The number of amides is 2. The second-order valence-corrected chi connectivity index (χ2v) is 8.97. The molecule has 4 rings (SSSR count). The van der Waals surface area contributed by atoms with Gasteiger partial charge in [0.2, 0.25) is 0 Å². The third-order valence-electron chi connectivity index (χ3n) is 6.25. The first kappa shape index (κ1) is 25.7. The number of ketones is 1. The van der Waals surface area contributed by atoms with Crippen molar-refractivity contribution in [3.05, 3.63) is 42.1 Å². The predicted molar refractivity (Wildman–Crippen MR) is 126 cm³/mol. The maximum absolute atomic E-state index is 13.3. The summed E-state index contributed by atoms with van der Waals surface area (Å²) in [5, 5.41) is 21.2. The number of urea groups is 1. The zero-order valence-electron chi connectivity index (χ0n) is 19.5. The van der Waals surface area contributed by atoms with Gasteiger partial charge in [0.05, 0.1) is 24.3 Å². The van der Waals surface area contributed by atoms with E-state index in [4.69, 9.17) is 9.84 Å². The summed E-state index contributed by atoms with van der Waals surface area (Å²) in [6.45, 7) is 1.62. The Kier molecular flexibility index (Phi) is 7.36. The van der Waals surface area contributed by atoms with Gasteiger partial charge in [0.15, 0.2) is 11.6 Å². The summed E-state index contributed by atoms with van der Waals surface area (Å²) in [5.41, 5.74) is 0.918. The largest absolute Gasteiger partial charge is 0.491 e. The average Bonchev–Trinajstić information content (AvgIpc) is 3.25. The summed E-state index contributed by atoms with van der Waals surface area (Å²) >= 11 is 0. The molecule has 36 heavy (non-hydrogen) atoms. The van der Waals surface area contributed by atoms with Crippen molar-refractivity contribution in [1.29, 1.82) is 0 Å². The number of fused-ring (bicyclic) bond motifs is 4. The van der Waals surface area contributed by atoms with Crippen molar-refractivity contribution in [2.75, 3.05) is 41.4 Å². The van der Waals surface area contributed by atoms with Crippen LogP contribution in [0.5, 0.6) is 5.75 Å². The van der Waals surface area contributed by atoms with E-state index in [9.17, 15) is 27.9 Å². The van der Waals surface area contributed by atoms with Gasteiger partial charge in [-0.1, -0.05) is 13.0 Å². The number of benzene rings is 1. The van der Waals surface area contributed by atoms with Crippen molar-refractivity contribution in [1.82, 2.24) is 4.98 Å². The van der Waals surface area contributed by atoms with E-state index in [0.717, 1.165) is 6.92 Å². The highest BCUT2D eigenvalue weighted by atomic mass is 19.4. The number of ether oxygens (including phenoxy) is 1. The Bertz CT molecular complexity index is 1130. The van der Waals surface area contributed by atoms with E-state index >= 15 is 0 Å². The number of aliphatic hydroxyl groups excluding tert-OH is 2. The Hall–Kier alpha value is -3.38. The molecular formula is C24H27F3N4O5. The Balaban J connectivity index is 1.55. The van der Waals surface area contributed by atoms with Crippen molar-refractivity contribution in [2.24, 2.45) is 5.92 Å². The van der Waals surface area contributed by atoms with Crippen molar-refractivity contribution in [3.8, 4) is 5.75 Å². The first-order valence-electron chi connectivity index (χ1n) is 11.5. The molecular weight excluding hydrogens is 481 g/mol. The summed E-state index contributed by atoms with van der Waals surface area (Å²) in [7, 11) is 0. The van der Waals surface area contributed by atoms with Crippen LogP contribution in [-0.2, 0) is 0 Å². The number of halogens is 3. The number of rotatable bonds is 8. The fourth-order valence-electron chi connectivity index (χ4n) is 4.22. The Morgan fingerprint density at radius 2 is 2.06 bits per heavy atom. The Labute approximate surface area is 205 Å². The number of hydrogen-bond donors (Lipinski definition) is 3. The summed E-state index contributed by atoms with van der Waals surface area (Å²) in [5.74, 6) is -1.96. The molecule has 9 nitrogen and oxygen atoms in total. The third kappa shape index (κ3) is 5.54. The molecule has 1 fully saturated rings. The second-order valence-electron chi connectivity index (χ2n) is 8.97. The third-order valence-corrected chi connectivity index (χ3v) is 6.25. The van der Waals surface area contributed by atoms with Crippen molar-refractivity contribution >= 4 is 29.0 Å². The van der Waals surface area contributed by atoms with Crippen LogP contribution >= 0.6 is 0 Å². The van der Waals surface area contributed by atoms with E-state index in [-0.39, 0.29) is 24.2 Å². The van der Waals surface area contributed by atoms with Gasteiger partial charge in [0.25, 0.3) is 0 Å². The topological polar surface area (TPSA) is 115 Å². The molecule has 1 aromatic carbocycles. The predicted octanol–water partition coefficient (Wildman–Crippen LogP) is 3.22. The van der Waals surface area contributed by atoms with Gasteiger partial charge in [-0.3, -0.25) is 9.69 Å². The van der Waals surface area contributed by atoms with Crippen LogP contribution < -0.4 is 19.9 Å². The van der Waals surface area contributed by atoms with Crippen molar-refractivity contribution < 1.29 is 37.7 Å². The number of carbonyl (C=O) groups excluding carboxylic acids is 2. The molecule has 0 unspecified atom stereocenters. The molecule has 0 radical (unpaired) electrons. The van der Waals surface area contributed by atoms with Crippen LogP contribution in [0.15, 0.2) is 36.4 Å². The molecule has 2 aromatic rings. The monoisotopic (exact) mass is 508 g/mol. The van der Waals surface area contributed by atoms with Gasteiger partial charge < -0.3 is 25.2 Å². The van der Waals surface area contributed by atoms with Crippen molar-refractivity contribution in [2.45, 2.75) is 38.1 Å². The highest BCUT2D eigenvalue weighted by Gasteiger charge is 2.41. The van der Waals surface area contributed by atoms with E-state index < -0.39 is 43.0 Å². The molecule has 3 N–H and O–H groups in total. The van der Waals surface area contributed by atoms with E-state index in [1.165, 1.54) is 11.0 Å². The van der Waals surface area contributed by atoms with Crippen LogP contribution in [0.4, 0.5) is 35.2 Å². The summed E-state index contributed by atoms with van der Waals surface area (Å²) in [4.78, 5) is 33.7. The fraction of sp³-hybridized carbons (Fsp3) is 0.458. The summed E-state index contributed by atoms with van der Waals surface area (Å²) in [6.07, 6.45) is -5.59. The number of nitrogens with zero attached hydrogens (tertiary/aromatic N) is 3. The van der Waals surface area contributed by atoms with E-state index in [1.54, 1.807) is 30.3 Å².